The Morgan fingerprint density at radius 3 is 2.80 bits per heavy atom. The van der Waals surface area contributed by atoms with Crippen LogP contribution in [0.3, 0.4) is 0 Å². The molecule has 82 valence electrons. The first kappa shape index (κ1) is 12.0. The lowest BCUT2D eigenvalue weighted by atomic mass is 10.1. The number of carbonyl (C=O) groups is 1. The Morgan fingerprint density at radius 1 is 1.53 bits per heavy atom. The van der Waals surface area contributed by atoms with Crippen LogP contribution in [0.1, 0.15) is 18.1 Å². The predicted molar refractivity (Wildman–Crippen MR) is 59.5 cm³/mol. The Bertz CT molecular complexity index is 339. The number of aliphatic hydroxyl groups excluding tert-OH is 1. The zero-order valence-electron chi connectivity index (χ0n) is 8.53. The van der Waals surface area contributed by atoms with Gasteiger partial charge in [0.1, 0.15) is 5.38 Å². The average Bonchev–Trinajstić information content (AvgIpc) is 2.26. The van der Waals surface area contributed by atoms with Crippen LogP contribution < -0.4 is 5.32 Å². The first-order chi connectivity index (χ1) is 7.13. The minimum absolute atomic E-state index is 0.00763. The molecule has 0 aromatic heterocycles. The van der Waals surface area contributed by atoms with Crippen molar-refractivity contribution in [3.63, 3.8) is 0 Å². The third-order valence-corrected chi connectivity index (χ3v) is 2.20. The Balaban J connectivity index is 2.54. The summed E-state index contributed by atoms with van der Waals surface area (Å²) >= 11 is 5.60. The zero-order valence-corrected chi connectivity index (χ0v) is 9.29. The second-order valence-electron chi connectivity index (χ2n) is 3.31. The van der Waals surface area contributed by atoms with Crippen LogP contribution in [-0.2, 0) is 17.9 Å². The second-order valence-corrected chi connectivity index (χ2v) is 3.97. The van der Waals surface area contributed by atoms with Crippen LogP contribution in [0.25, 0.3) is 0 Å². The van der Waals surface area contributed by atoms with Crippen molar-refractivity contribution in [2.75, 3.05) is 0 Å². The molecule has 0 radical (unpaired) electrons. The van der Waals surface area contributed by atoms with E-state index in [-0.39, 0.29) is 12.5 Å². The van der Waals surface area contributed by atoms with Crippen molar-refractivity contribution in [1.82, 2.24) is 5.32 Å². The molecule has 0 aliphatic carbocycles. The van der Waals surface area contributed by atoms with Gasteiger partial charge in [-0.15, -0.1) is 11.6 Å². The normalized spacial score (nSPS) is 12.2. The molecule has 0 fully saturated rings. The fourth-order valence-electron chi connectivity index (χ4n) is 1.17. The molecule has 0 saturated carbocycles. The summed E-state index contributed by atoms with van der Waals surface area (Å²) in [6, 6.07) is 7.41. The lowest BCUT2D eigenvalue weighted by Gasteiger charge is -2.07. The Kier molecular flexibility index (Phi) is 4.59. The van der Waals surface area contributed by atoms with E-state index in [1.54, 1.807) is 6.92 Å². The van der Waals surface area contributed by atoms with E-state index in [4.69, 9.17) is 16.7 Å². The molecule has 1 atom stereocenters. The van der Waals surface area contributed by atoms with Crippen molar-refractivity contribution in [2.24, 2.45) is 0 Å². The van der Waals surface area contributed by atoms with Crippen LogP contribution >= 0.6 is 11.6 Å². The highest BCUT2D eigenvalue weighted by Crippen LogP contribution is 2.05. The topological polar surface area (TPSA) is 49.3 Å². The molecule has 4 heteroatoms. The summed E-state index contributed by atoms with van der Waals surface area (Å²) in [5, 5.41) is 11.1. The van der Waals surface area contributed by atoms with Crippen molar-refractivity contribution in [2.45, 2.75) is 25.5 Å². The van der Waals surface area contributed by atoms with Crippen LogP contribution in [-0.4, -0.2) is 16.4 Å². The number of benzene rings is 1. The molecule has 0 spiro atoms. The van der Waals surface area contributed by atoms with Gasteiger partial charge in [0.25, 0.3) is 0 Å². The number of carbonyl (C=O) groups excluding carboxylic acids is 1. The summed E-state index contributed by atoms with van der Waals surface area (Å²) in [4.78, 5) is 11.2. The van der Waals surface area contributed by atoms with Gasteiger partial charge in [-0.05, 0) is 18.1 Å². The van der Waals surface area contributed by atoms with Gasteiger partial charge in [0.2, 0.25) is 5.91 Å². The van der Waals surface area contributed by atoms with Crippen LogP contribution in [0.15, 0.2) is 24.3 Å². The molecule has 0 aliphatic heterocycles. The van der Waals surface area contributed by atoms with Gasteiger partial charge in [-0.1, -0.05) is 24.3 Å². The lowest BCUT2D eigenvalue weighted by Crippen LogP contribution is -2.29. The maximum Gasteiger partial charge on any atom is 0.238 e. The number of aliphatic hydroxyl groups is 1. The van der Waals surface area contributed by atoms with Crippen molar-refractivity contribution in [3.8, 4) is 0 Å². The molecule has 3 nitrogen and oxygen atoms in total. The molecule has 0 bridgehead atoms. The number of hydrogen-bond donors (Lipinski definition) is 2. The SMILES string of the molecule is CC(Cl)C(=O)NCc1cccc(CO)c1. The number of alkyl halides is 1. The van der Waals surface area contributed by atoms with Crippen molar-refractivity contribution >= 4 is 17.5 Å². The van der Waals surface area contributed by atoms with E-state index in [1.165, 1.54) is 0 Å². The number of halogens is 1. The largest absolute Gasteiger partial charge is 0.392 e. The van der Waals surface area contributed by atoms with Gasteiger partial charge in [-0.3, -0.25) is 4.79 Å². The third kappa shape index (κ3) is 3.90. The maximum atomic E-state index is 11.2. The molecular weight excluding hydrogens is 214 g/mol. The molecule has 1 amide bonds. The molecule has 2 N–H and O–H groups in total. The molecule has 0 heterocycles. The number of amides is 1. The summed E-state index contributed by atoms with van der Waals surface area (Å²) in [7, 11) is 0. The van der Waals surface area contributed by atoms with E-state index < -0.39 is 5.38 Å². The zero-order chi connectivity index (χ0) is 11.3. The third-order valence-electron chi connectivity index (χ3n) is 2.00. The Labute approximate surface area is 94.1 Å². The highest BCUT2D eigenvalue weighted by atomic mass is 35.5. The van der Waals surface area contributed by atoms with Crippen molar-refractivity contribution in [3.05, 3.63) is 35.4 Å². The van der Waals surface area contributed by atoms with Crippen molar-refractivity contribution in [1.29, 1.82) is 0 Å². The molecule has 0 saturated heterocycles. The highest BCUT2D eigenvalue weighted by Gasteiger charge is 2.07. The lowest BCUT2D eigenvalue weighted by molar-refractivity contribution is -0.120. The second kappa shape index (κ2) is 5.73. The molecule has 1 unspecified atom stereocenters. The monoisotopic (exact) mass is 227 g/mol. The van der Waals surface area contributed by atoms with Crippen LogP contribution in [0.4, 0.5) is 0 Å². The van der Waals surface area contributed by atoms with Gasteiger partial charge < -0.3 is 10.4 Å². The fraction of sp³-hybridized carbons (Fsp3) is 0.364. The van der Waals surface area contributed by atoms with E-state index in [9.17, 15) is 4.79 Å². The fourth-order valence-corrected chi connectivity index (χ4v) is 1.24. The predicted octanol–water partition coefficient (Wildman–Crippen LogP) is 1.42. The van der Waals surface area contributed by atoms with E-state index >= 15 is 0 Å². The summed E-state index contributed by atoms with van der Waals surface area (Å²) in [5.74, 6) is -0.189. The first-order valence-electron chi connectivity index (χ1n) is 4.74. The van der Waals surface area contributed by atoms with E-state index in [0.29, 0.717) is 6.54 Å². The number of nitrogens with one attached hydrogen (secondary N) is 1. The van der Waals surface area contributed by atoms with Crippen LogP contribution in [0.5, 0.6) is 0 Å². The molecule has 1 aromatic rings. The minimum atomic E-state index is -0.522. The molecule has 1 rings (SSSR count). The molecule has 0 aliphatic rings. The van der Waals surface area contributed by atoms with Gasteiger partial charge in [0.15, 0.2) is 0 Å². The van der Waals surface area contributed by atoms with E-state index in [2.05, 4.69) is 5.32 Å². The number of hydrogen-bond acceptors (Lipinski definition) is 2. The van der Waals surface area contributed by atoms with Gasteiger partial charge >= 0.3 is 0 Å². The number of rotatable bonds is 4. The van der Waals surface area contributed by atoms with Crippen LogP contribution in [0.2, 0.25) is 0 Å². The van der Waals surface area contributed by atoms with Gasteiger partial charge in [-0.25, -0.2) is 0 Å². The van der Waals surface area contributed by atoms with Crippen LogP contribution in [0, 0.1) is 0 Å². The Hall–Kier alpha value is -1.06. The van der Waals surface area contributed by atoms with Gasteiger partial charge in [0, 0.05) is 6.54 Å². The maximum absolute atomic E-state index is 11.2. The Morgan fingerprint density at radius 2 is 2.20 bits per heavy atom. The highest BCUT2D eigenvalue weighted by molar-refractivity contribution is 6.30. The summed E-state index contributed by atoms with van der Waals surface area (Å²) < 4.78 is 0. The molecule has 1 aromatic carbocycles. The van der Waals surface area contributed by atoms with Crippen molar-refractivity contribution < 1.29 is 9.90 Å². The first-order valence-corrected chi connectivity index (χ1v) is 5.17. The standard InChI is InChI=1S/C11H14ClNO2/c1-8(12)11(15)13-6-9-3-2-4-10(5-9)7-14/h2-5,8,14H,6-7H2,1H3,(H,13,15). The molecule has 15 heavy (non-hydrogen) atoms. The quantitative estimate of drug-likeness (QED) is 0.765. The summed E-state index contributed by atoms with van der Waals surface area (Å²) in [6.07, 6.45) is 0. The van der Waals surface area contributed by atoms with E-state index in [0.717, 1.165) is 11.1 Å². The van der Waals surface area contributed by atoms with Gasteiger partial charge in [0.05, 0.1) is 6.61 Å². The minimum Gasteiger partial charge on any atom is -0.392 e. The average molecular weight is 228 g/mol. The summed E-state index contributed by atoms with van der Waals surface area (Å²) in [5.41, 5.74) is 1.79. The van der Waals surface area contributed by atoms with Gasteiger partial charge in [-0.2, -0.15) is 0 Å². The smallest absolute Gasteiger partial charge is 0.238 e. The molecular formula is C11H14ClNO2. The van der Waals surface area contributed by atoms with E-state index in [1.807, 2.05) is 24.3 Å². The summed E-state index contributed by atoms with van der Waals surface area (Å²) in [6.45, 7) is 2.07.